The lowest BCUT2D eigenvalue weighted by atomic mass is 10.1. The fraction of sp³-hybridized carbons (Fsp3) is 0.500. The average Bonchev–Trinajstić information content (AvgIpc) is 3.20. The molecule has 2 amide bonds. The number of phosphoric ester groups is 1. The first-order valence-electron chi connectivity index (χ1n) is 14.0. The SMILES string of the molecule is CCOP(=O)(OCC)OC(c1ccc(F)c(OCCCCCN2C(=O)c3ccccc3C2=O)c1)P(=O)(OCC)OCC. The lowest BCUT2D eigenvalue weighted by Gasteiger charge is -2.29. The molecule has 11 nitrogen and oxygen atoms in total. The summed E-state index contributed by atoms with van der Waals surface area (Å²) in [6.45, 7) is 6.77. The van der Waals surface area contributed by atoms with E-state index in [0.29, 0.717) is 30.4 Å². The Kier molecular flexibility index (Phi) is 12.9. The van der Waals surface area contributed by atoms with Crippen molar-refractivity contribution in [2.24, 2.45) is 0 Å². The molecular formula is C28H38FNO10P2. The Labute approximate surface area is 245 Å². The first-order chi connectivity index (χ1) is 20.1. The van der Waals surface area contributed by atoms with Crippen LogP contribution < -0.4 is 4.74 Å². The van der Waals surface area contributed by atoms with E-state index in [1.165, 1.54) is 17.0 Å². The Bertz CT molecular complexity index is 1270. The van der Waals surface area contributed by atoms with E-state index in [0.717, 1.165) is 6.07 Å². The lowest BCUT2D eigenvalue weighted by Crippen LogP contribution is -2.30. The second-order valence-corrected chi connectivity index (χ2v) is 12.7. The molecule has 0 fully saturated rings. The Hall–Kier alpha value is -2.43. The molecular weight excluding hydrogens is 591 g/mol. The van der Waals surface area contributed by atoms with Crippen LogP contribution in [-0.4, -0.2) is 56.3 Å². The highest BCUT2D eigenvalue weighted by atomic mass is 31.2. The molecule has 1 heterocycles. The Balaban J connectivity index is 1.67. The summed E-state index contributed by atoms with van der Waals surface area (Å²) in [5, 5.41) is 0. The minimum absolute atomic E-state index is 0.00400. The van der Waals surface area contributed by atoms with Gasteiger partial charge in [0.25, 0.3) is 11.8 Å². The molecule has 1 aliphatic rings. The van der Waals surface area contributed by atoms with Gasteiger partial charge in [0.1, 0.15) is 0 Å². The molecule has 2 aromatic rings. The molecule has 0 aliphatic carbocycles. The van der Waals surface area contributed by atoms with Crippen LogP contribution in [0.4, 0.5) is 4.39 Å². The predicted molar refractivity (Wildman–Crippen MR) is 153 cm³/mol. The van der Waals surface area contributed by atoms with Crippen LogP contribution in [0.25, 0.3) is 0 Å². The van der Waals surface area contributed by atoms with Gasteiger partial charge >= 0.3 is 15.4 Å². The van der Waals surface area contributed by atoms with E-state index in [9.17, 15) is 23.1 Å². The number of hydrogen-bond acceptors (Lipinski definition) is 10. The quantitative estimate of drug-likeness (QED) is 0.0899. The molecule has 0 saturated heterocycles. The Morgan fingerprint density at radius 3 is 1.90 bits per heavy atom. The van der Waals surface area contributed by atoms with Gasteiger partial charge in [-0.3, -0.25) is 32.6 Å². The zero-order valence-electron chi connectivity index (χ0n) is 24.3. The largest absolute Gasteiger partial charge is 0.491 e. The van der Waals surface area contributed by atoms with Crippen LogP contribution in [-0.2, 0) is 31.7 Å². The summed E-state index contributed by atoms with van der Waals surface area (Å²) in [4.78, 5) is 26.2. The minimum atomic E-state index is -4.20. The van der Waals surface area contributed by atoms with Crippen molar-refractivity contribution in [2.45, 2.75) is 52.8 Å². The molecule has 1 atom stereocenters. The Morgan fingerprint density at radius 2 is 1.36 bits per heavy atom. The molecule has 42 heavy (non-hydrogen) atoms. The van der Waals surface area contributed by atoms with Gasteiger partial charge < -0.3 is 13.8 Å². The van der Waals surface area contributed by atoms with Crippen molar-refractivity contribution < 1.29 is 50.5 Å². The number of amides is 2. The minimum Gasteiger partial charge on any atom is -0.491 e. The standard InChI is InChI=1S/C28H38FNO10P2/c1-5-36-41(33,37-6-2)28(40-42(34,38-7-3)39-8-4)21-16-17-24(29)25(20-21)35-19-13-9-12-18-30-26(31)22-14-10-11-15-23(22)27(30)32/h10-11,14-17,20,28H,5-9,12-13,18-19H2,1-4H3. The highest BCUT2D eigenvalue weighted by Gasteiger charge is 2.44. The molecule has 1 aliphatic heterocycles. The van der Waals surface area contributed by atoms with E-state index >= 15 is 0 Å². The molecule has 0 saturated carbocycles. The van der Waals surface area contributed by atoms with Crippen LogP contribution >= 0.6 is 15.4 Å². The third kappa shape index (κ3) is 8.35. The number of phosphoric acid groups is 1. The number of rotatable bonds is 19. The van der Waals surface area contributed by atoms with Crippen molar-refractivity contribution in [3.8, 4) is 5.75 Å². The van der Waals surface area contributed by atoms with Crippen molar-refractivity contribution >= 4 is 27.2 Å². The predicted octanol–water partition coefficient (Wildman–Crippen LogP) is 7.13. The number of fused-ring (bicyclic) bond motifs is 1. The second kappa shape index (κ2) is 15.9. The van der Waals surface area contributed by atoms with E-state index in [1.807, 2.05) is 0 Å². The van der Waals surface area contributed by atoms with Gasteiger partial charge in [-0.25, -0.2) is 8.96 Å². The zero-order valence-corrected chi connectivity index (χ0v) is 26.1. The van der Waals surface area contributed by atoms with Crippen molar-refractivity contribution in [3.63, 3.8) is 0 Å². The van der Waals surface area contributed by atoms with Gasteiger partial charge in [0.2, 0.25) is 0 Å². The van der Waals surface area contributed by atoms with Gasteiger partial charge in [-0.2, -0.15) is 0 Å². The lowest BCUT2D eigenvalue weighted by molar-refractivity contribution is 0.0650. The van der Waals surface area contributed by atoms with Crippen molar-refractivity contribution in [2.75, 3.05) is 39.6 Å². The topological polar surface area (TPSA) is 127 Å². The molecule has 0 bridgehead atoms. The second-order valence-electron chi connectivity index (χ2n) is 9.02. The molecule has 2 aromatic carbocycles. The number of imide groups is 1. The van der Waals surface area contributed by atoms with Gasteiger partial charge in [0.05, 0.1) is 44.2 Å². The highest BCUT2D eigenvalue weighted by molar-refractivity contribution is 7.55. The fourth-order valence-electron chi connectivity index (χ4n) is 4.33. The van der Waals surface area contributed by atoms with Crippen LogP contribution in [0.15, 0.2) is 42.5 Å². The third-order valence-corrected chi connectivity index (χ3v) is 10.1. The summed E-state index contributed by atoms with van der Waals surface area (Å²) in [5.41, 5.74) is 0.933. The number of nitrogens with zero attached hydrogens (tertiary/aromatic N) is 1. The number of halogens is 1. The molecule has 0 aromatic heterocycles. The summed E-state index contributed by atoms with van der Waals surface area (Å²) in [5.74, 6) is -3.01. The van der Waals surface area contributed by atoms with Gasteiger partial charge in [-0.15, -0.1) is 0 Å². The summed E-state index contributed by atoms with van der Waals surface area (Å²) in [7, 11) is -8.31. The number of ether oxygens (including phenoxy) is 1. The van der Waals surface area contributed by atoms with Crippen LogP contribution in [0, 0.1) is 5.82 Å². The van der Waals surface area contributed by atoms with E-state index in [-0.39, 0.29) is 62.7 Å². The summed E-state index contributed by atoms with van der Waals surface area (Å²) < 4.78 is 74.4. The molecule has 1 unspecified atom stereocenters. The smallest absolute Gasteiger partial charge is 0.475 e. The third-order valence-electron chi connectivity index (χ3n) is 6.11. The maximum Gasteiger partial charge on any atom is 0.475 e. The van der Waals surface area contributed by atoms with Crippen molar-refractivity contribution in [3.05, 3.63) is 65.0 Å². The zero-order chi connectivity index (χ0) is 30.8. The highest BCUT2D eigenvalue weighted by Crippen LogP contribution is 2.68. The van der Waals surface area contributed by atoms with Crippen LogP contribution in [0.1, 0.15) is 79.1 Å². The Morgan fingerprint density at radius 1 is 0.786 bits per heavy atom. The first-order valence-corrected chi connectivity index (χ1v) is 17.0. The number of unbranched alkanes of at least 4 members (excludes halogenated alkanes) is 2. The first kappa shape index (κ1) is 34.1. The summed E-state index contributed by atoms with van der Waals surface area (Å²) in [6.07, 6.45) is 1.66. The van der Waals surface area contributed by atoms with E-state index < -0.39 is 27.1 Å². The van der Waals surface area contributed by atoms with Gasteiger partial charge in [-0.05, 0) is 76.8 Å². The molecule has 232 valence electrons. The molecule has 0 N–H and O–H groups in total. The van der Waals surface area contributed by atoms with Crippen LogP contribution in [0.2, 0.25) is 0 Å². The maximum atomic E-state index is 14.7. The van der Waals surface area contributed by atoms with E-state index in [2.05, 4.69) is 0 Å². The number of hydrogen-bond donors (Lipinski definition) is 0. The average molecular weight is 630 g/mol. The number of benzene rings is 2. The van der Waals surface area contributed by atoms with Gasteiger partial charge in [0.15, 0.2) is 17.4 Å². The number of carbonyl (C=O) groups is 2. The number of carbonyl (C=O) groups excluding carboxylic acids is 2. The molecule has 0 spiro atoms. The van der Waals surface area contributed by atoms with Gasteiger partial charge in [-0.1, -0.05) is 18.2 Å². The van der Waals surface area contributed by atoms with E-state index in [4.69, 9.17) is 27.4 Å². The van der Waals surface area contributed by atoms with Gasteiger partial charge in [0, 0.05) is 6.54 Å². The normalized spacial score (nSPS) is 14.4. The van der Waals surface area contributed by atoms with Crippen molar-refractivity contribution in [1.82, 2.24) is 4.90 Å². The molecule has 14 heteroatoms. The maximum absolute atomic E-state index is 14.7. The van der Waals surface area contributed by atoms with Crippen LogP contribution in [0.3, 0.4) is 0 Å². The van der Waals surface area contributed by atoms with Crippen molar-refractivity contribution in [1.29, 1.82) is 0 Å². The molecule has 3 rings (SSSR count). The summed E-state index contributed by atoms with van der Waals surface area (Å²) in [6, 6.07) is 10.4. The monoisotopic (exact) mass is 629 g/mol. The van der Waals surface area contributed by atoms with Crippen LogP contribution in [0.5, 0.6) is 5.75 Å². The van der Waals surface area contributed by atoms with E-state index in [1.54, 1.807) is 52.0 Å². The fourth-order valence-corrected chi connectivity index (χ4v) is 7.92. The summed E-state index contributed by atoms with van der Waals surface area (Å²) >= 11 is 0. The molecule has 0 radical (unpaired) electrons.